The maximum atomic E-state index is 9.10. The minimum atomic E-state index is 0.644. The van der Waals surface area contributed by atoms with Crippen LogP contribution in [0.15, 0.2) is 36.7 Å². The first-order chi connectivity index (χ1) is 8.24. The zero-order valence-corrected chi connectivity index (χ0v) is 9.77. The number of nitriles is 1. The Hall–Kier alpha value is -2.34. The largest absolute Gasteiger partial charge is 0.495 e. The molecule has 0 amide bonds. The van der Waals surface area contributed by atoms with Gasteiger partial charge >= 0.3 is 0 Å². The van der Waals surface area contributed by atoms with Gasteiger partial charge in [-0.25, -0.2) is 0 Å². The summed E-state index contributed by atoms with van der Waals surface area (Å²) in [7, 11) is 1.60. The molecule has 2 aromatic rings. The Morgan fingerprint density at radius 2 is 2.06 bits per heavy atom. The van der Waals surface area contributed by atoms with Gasteiger partial charge in [0.25, 0.3) is 0 Å². The van der Waals surface area contributed by atoms with Crippen molar-refractivity contribution in [3.63, 3.8) is 0 Å². The van der Waals surface area contributed by atoms with Gasteiger partial charge in [0.15, 0.2) is 0 Å². The van der Waals surface area contributed by atoms with Gasteiger partial charge in [0.05, 0.1) is 24.9 Å². The van der Waals surface area contributed by atoms with E-state index < -0.39 is 0 Å². The van der Waals surface area contributed by atoms with Gasteiger partial charge in [-0.3, -0.25) is 4.98 Å². The molecule has 0 N–H and O–H groups in total. The van der Waals surface area contributed by atoms with Crippen LogP contribution in [0.1, 0.15) is 11.1 Å². The molecule has 0 radical (unpaired) electrons. The van der Waals surface area contributed by atoms with Crippen LogP contribution in [0, 0.1) is 18.3 Å². The maximum absolute atomic E-state index is 9.10. The number of ether oxygens (including phenoxy) is 1. The summed E-state index contributed by atoms with van der Waals surface area (Å²) in [4.78, 5) is 4.10. The number of aryl methyl sites for hydroxylation is 1. The monoisotopic (exact) mass is 224 g/mol. The molecule has 0 spiro atoms. The second kappa shape index (κ2) is 4.67. The minimum absolute atomic E-state index is 0.644. The van der Waals surface area contributed by atoms with Crippen molar-refractivity contribution in [2.75, 3.05) is 7.11 Å². The van der Waals surface area contributed by atoms with Crippen molar-refractivity contribution >= 4 is 0 Å². The maximum Gasteiger partial charge on any atom is 0.137 e. The van der Waals surface area contributed by atoms with Gasteiger partial charge in [0.1, 0.15) is 5.75 Å². The third-order valence-corrected chi connectivity index (χ3v) is 2.56. The highest BCUT2D eigenvalue weighted by atomic mass is 16.5. The number of aromatic nitrogens is 1. The summed E-state index contributed by atoms with van der Waals surface area (Å²) in [5, 5.41) is 9.10. The summed E-state index contributed by atoms with van der Waals surface area (Å²) in [6, 6.07) is 9.80. The Kier molecular flexibility index (Phi) is 3.06. The lowest BCUT2D eigenvalue weighted by atomic mass is 9.99. The molecule has 0 aliphatic rings. The summed E-state index contributed by atoms with van der Waals surface area (Å²) in [6.07, 6.45) is 3.38. The first kappa shape index (κ1) is 11.2. The standard InChI is InChI=1S/C14H12N2O/c1-10-3-4-11(7-15)14(5-10)12-6-13(17-2)9-16-8-12/h3-6,8-9H,1-2H3. The fourth-order valence-electron chi connectivity index (χ4n) is 1.67. The number of pyridine rings is 1. The van der Waals surface area contributed by atoms with Crippen molar-refractivity contribution < 1.29 is 4.74 Å². The topological polar surface area (TPSA) is 45.9 Å². The van der Waals surface area contributed by atoms with E-state index in [1.807, 2.05) is 31.2 Å². The first-order valence-electron chi connectivity index (χ1n) is 5.25. The molecule has 0 aliphatic heterocycles. The molecule has 2 rings (SSSR count). The highest BCUT2D eigenvalue weighted by molar-refractivity contribution is 5.71. The Labute approximate surface area is 100 Å². The molecule has 3 heteroatoms. The number of hydrogen-bond donors (Lipinski definition) is 0. The van der Waals surface area contributed by atoms with Crippen molar-refractivity contribution in [3.8, 4) is 22.9 Å². The Bertz CT molecular complexity index is 585. The fraction of sp³-hybridized carbons (Fsp3) is 0.143. The zero-order valence-electron chi connectivity index (χ0n) is 9.77. The van der Waals surface area contributed by atoms with Gasteiger partial charge in [0.2, 0.25) is 0 Å². The predicted octanol–water partition coefficient (Wildman–Crippen LogP) is 2.94. The van der Waals surface area contributed by atoms with Crippen molar-refractivity contribution in [1.29, 1.82) is 5.26 Å². The molecule has 84 valence electrons. The SMILES string of the molecule is COc1cncc(-c2cc(C)ccc2C#N)c1. The molecule has 3 nitrogen and oxygen atoms in total. The predicted molar refractivity (Wildman–Crippen MR) is 65.7 cm³/mol. The van der Waals surface area contributed by atoms with Crippen molar-refractivity contribution in [2.24, 2.45) is 0 Å². The van der Waals surface area contributed by atoms with Crippen LogP contribution in [0.4, 0.5) is 0 Å². The average Bonchev–Trinajstić information content (AvgIpc) is 2.39. The molecule has 17 heavy (non-hydrogen) atoms. The van der Waals surface area contributed by atoms with E-state index in [1.54, 1.807) is 19.5 Å². The number of hydrogen-bond acceptors (Lipinski definition) is 3. The van der Waals surface area contributed by atoms with Crippen LogP contribution in [0.2, 0.25) is 0 Å². The molecule has 0 bridgehead atoms. The molecule has 0 atom stereocenters. The van der Waals surface area contributed by atoms with E-state index in [1.165, 1.54) is 0 Å². The zero-order chi connectivity index (χ0) is 12.3. The third kappa shape index (κ3) is 2.26. The molecule has 1 heterocycles. The summed E-state index contributed by atoms with van der Waals surface area (Å²) in [5.41, 5.74) is 3.54. The first-order valence-corrected chi connectivity index (χ1v) is 5.25. The number of nitrogens with zero attached hydrogens (tertiary/aromatic N) is 2. The van der Waals surface area contributed by atoms with Crippen LogP contribution >= 0.6 is 0 Å². The molecular weight excluding hydrogens is 212 g/mol. The van der Waals surface area contributed by atoms with Crippen LogP contribution in [0.25, 0.3) is 11.1 Å². The van der Waals surface area contributed by atoms with E-state index in [-0.39, 0.29) is 0 Å². The number of methoxy groups -OCH3 is 1. The van der Waals surface area contributed by atoms with Gasteiger partial charge in [0, 0.05) is 17.3 Å². The van der Waals surface area contributed by atoms with Crippen molar-refractivity contribution in [2.45, 2.75) is 6.92 Å². The third-order valence-electron chi connectivity index (χ3n) is 2.56. The Morgan fingerprint density at radius 3 is 2.76 bits per heavy atom. The van der Waals surface area contributed by atoms with E-state index in [4.69, 9.17) is 10.00 Å². The van der Waals surface area contributed by atoms with Crippen LogP contribution in [0.5, 0.6) is 5.75 Å². The average molecular weight is 224 g/mol. The number of rotatable bonds is 2. The van der Waals surface area contributed by atoms with E-state index in [0.29, 0.717) is 11.3 Å². The number of benzene rings is 1. The van der Waals surface area contributed by atoms with Crippen molar-refractivity contribution in [3.05, 3.63) is 47.8 Å². The van der Waals surface area contributed by atoms with E-state index >= 15 is 0 Å². The molecule has 0 aliphatic carbocycles. The summed E-state index contributed by atoms with van der Waals surface area (Å²) >= 11 is 0. The molecule has 1 aromatic carbocycles. The molecule has 0 fully saturated rings. The molecule has 0 saturated heterocycles. The summed E-state index contributed by atoms with van der Waals surface area (Å²) in [6.45, 7) is 2.00. The van der Waals surface area contributed by atoms with Crippen LogP contribution in [0.3, 0.4) is 0 Å². The lowest BCUT2D eigenvalue weighted by Crippen LogP contribution is -1.89. The van der Waals surface area contributed by atoms with E-state index in [2.05, 4.69) is 11.1 Å². The van der Waals surface area contributed by atoms with Crippen LogP contribution in [-0.2, 0) is 0 Å². The van der Waals surface area contributed by atoms with E-state index in [0.717, 1.165) is 16.7 Å². The van der Waals surface area contributed by atoms with Crippen LogP contribution in [-0.4, -0.2) is 12.1 Å². The molecule has 0 unspecified atom stereocenters. The lowest BCUT2D eigenvalue weighted by Gasteiger charge is -2.06. The van der Waals surface area contributed by atoms with Crippen molar-refractivity contribution in [1.82, 2.24) is 4.98 Å². The van der Waals surface area contributed by atoms with Crippen LogP contribution < -0.4 is 4.74 Å². The second-order valence-corrected chi connectivity index (χ2v) is 3.77. The molecule has 0 saturated carbocycles. The molecular formula is C14H12N2O. The van der Waals surface area contributed by atoms with Gasteiger partial charge < -0.3 is 4.74 Å². The quantitative estimate of drug-likeness (QED) is 0.787. The van der Waals surface area contributed by atoms with Gasteiger partial charge in [-0.15, -0.1) is 0 Å². The Balaban J connectivity index is 2.59. The smallest absolute Gasteiger partial charge is 0.137 e. The summed E-state index contributed by atoms with van der Waals surface area (Å²) < 4.78 is 5.13. The second-order valence-electron chi connectivity index (χ2n) is 3.77. The van der Waals surface area contributed by atoms with Gasteiger partial charge in [-0.2, -0.15) is 5.26 Å². The molecule has 1 aromatic heterocycles. The Morgan fingerprint density at radius 1 is 1.24 bits per heavy atom. The normalized spacial score (nSPS) is 9.71. The highest BCUT2D eigenvalue weighted by Gasteiger charge is 2.06. The summed E-state index contributed by atoms with van der Waals surface area (Å²) in [5.74, 6) is 0.688. The lowest BCUT2D eigenvalue weighted by molar-refractivity contribution is 0.413. The fourth-order valence-corrected chi connectivity index (χ4v) is 1.67. The minimum Gasteiger partial charge on any atom is -0.495 e. The van der Waals surface area contributed by atoms with E-state index in [9.17, 15) is 0 Å². The van der Waals surface area contributed by atoms with Gasteiger partial charge in [-0.05, 0) is 19.1 Å². The van der Waals surface area contributed by atoms with Gasteiger partial charge in [-0.1, -0.05) is 17.7 Å². The highest BCUT2D eigenvalue weighted by Crippen LogP contribution is 2.26.